The minimum Gasteiger partial charge on any atom is -0.364 e. The standard InChI is InChI=1S/C25H27FN4O3/c26-19-14-17(16-5-6-16)7-8-18(19)21-15-27-24(28-21)25(12-9-23(32)29-25)11-3-1-2-4-22(31)20-10-13-33-30-20/h7-8,10,13-16H,1-6,9,11-12H2,(H,27,28)(H,29,32). The number of nitrogens with one attached hydrogen (secondary N) is 2. The third kappa shape index (κ3) is 4.60. The molecule has 5 rings (SSSR count). The summed E-state index contributed by atoms with van der Waals surface area (Å²) in [6, 6.07) is 7.00. The summed E-state index contributed by atoms with van der Waals surface area (Å²) in [5, 5.41) is 6.78. The van der Waals surface area contributed by atoms with Crippen molar-refractivity contribution in [2.45, 2.75) is 69.2 Å². The lowest BCUT2D eigenvalue weighted by molar-refractivity contribution is -0.120. The van der Waals surface area contributed by atoms with Crippen molar-refractivity contribution in [1.82, 2.24) is 20.4 Å². The maximum absolute atomic E-state index is 14.8. The maximum atomic E-state index is 14.8. The maximum Gasteiger partial charge on any atom is 0.220 e. The van der Waals surface area contributed by atoms with Crippen molar-refractivity contribution in [3.63, 3.8) is 0 Å². The van der Waals surface area contributed by atoms with Crippen LogP contribution >= 0.6 is 0 Å². The van der Waals surface area contributed by atoms with E-state index in [-0.39, 0.29) is 17.5 Å². The van der Waals surface area contributed by atoms with Crippen LogP contribution in [0, 0.1) is 5.82 Å². The highest BCUT2D eigenvalue weighted by Gasteiger charge is 2.41. The molecule has 172 valence electrons. The fourth-order valence-corrected chi connectivity index (χ4v) is 4.70. The molecule has 2 aliphatic rings. The van der Waals surface area contributed by atoms with E-state index in [1.807, 2.05) is 12.1 Å². The van der Waals surface area contributed by atoms with Gasteiger partial charge >= 0.3 is 0 Å². The van der Waals surface area contributed by atoms with Gasteiger partial charge in [-0.1, -0.05) is 24.1 Å². The van der Waals surface area contributed by atoms with Crippen LogP contribution in [0.3, 0.4) is 0 Å². The third-order valence-electron chi connectivity index (χ3n) is 6.75. The third-order valence-corrected chi connectivity index (χ3v) is 6.75. The van der Waals surface area contributed by atoms with Crippen LogP contribution in [0.4, 0.5) is 4.39 Å². The van der Waals surface area contributed by atoms with Crippen molar-refractivity contribution < 1.29 is 18.5 Å². The Morgan fingerprint density at radius 2 is 2.09 bits per heavy atom. The van der Waals surface area contributed by atoms with E-state index in [2.05, 4.69) is 20.4 Å². The first kappa shape index (κ1) is 21.6. The van der Waals surface area contributed by atoms with Crippen LogP contribution in [-0.2, 0) is 10.3 Å². The van der Waals surface area contributed by atoms with E-state index in [4.69, 9.17) is 4.52 Å². The zero-order valence-electron chi connectivity index (χ0n) is 18.4. The molecule has 1 aliphatic carbocycles. The fourth-order valence-electron chi connectivity index (χ4n) is 4.70. The number of hydrogen-bond acceptors (Lipinski definition) is 5. The van der Waals surface area contributed by atoms with Crippen LogP contribution in [0.25, 0.3) is 11.3 Å². The lowest BCUT2D eigenvalue weighted by atomic mass is 9.89. The minimum atomic E-state index is -0.587. The molecule has 2 N–H and O–H groups in total. The first-order chi connectivity index (χ1) is 16.0. The summed E-state index contributed by atoms with van der Waals surface area (Å²) < 4.78 is 19.5. The number of amides is 1. The van der Waals surface area contributed by atoms with E-state index in [0.29, 0.717) is 54.4 Å². The monoisotopic (exact) mass is 450 g/mol. The van der Waals surface area contributed by atoms with Gasteiger partial charge in [0.1, 0.15) is 23.6 Å². The van der Waals surface area contributed by atoms with Gasteiger partial charge in [0.2, 0.25) is 5.91 Å². The number of benzene rings is 1. The van der Waals surface area contributed by atoms with Crippen molar-refractivity contribution in [3.8, 4) is 11.3 Å². The Morgan fingerprint density at radius 1 is 1.21 bits per heavy atom. The van der Waals surface area contributed by atoms with E-state index < -0.39 is 5.54 Å². The van der Waals surface area contributed by atoms with Crippen LogP contribution in [0.15, 0.2) is 41.2 Å². The average molecular weight is 451 g/mol. The summed E-state index contributed by atoms with van der Waals surface area (Å²) in [5.41, 5.74) is 1.93. The number of H-pyrrole nitrogens is 1. The van der Waals surface area contributed by atoms with E-state index in [1.54, 1.807) is 18.3 Å². The molecule has 1 aromatic carbocycles. The fraction of sp³-hybridized carbons (Fsp3) is 0.440. The van der Waals surface area contributed by atoms with Gasteiger partial charge in [0, 0.05) is 24.5 Å². The minimum absolute atomic E-state index is 0.00544. The van der Waals surface area contributed by atoms with Crippen molar-refractivity contribution >= 4 is 11.7 Å². The molecule has 0 spiro atoms. The van der Waals surface area contributed by atoms with Crippen molar-refractivity contribution in [3.05, 3.63) is 59.6 Å². The van der Waals surface area contributed by atoms with Gasteiger partial charge in [-0.25, -0.2) is 9.37 Å². The summed E-state index contributed by atoms with van der Waals surface area (Å²) >= 11 is 0. The summed E-state index contributed by atoms with van der Waals surface area (Å²) in [6.45, 7) is 0. The van der Waals surface area contributed by atoms with Crippen LogP contribution in [-0.4, -0.2) is 26.8 Å². The van der Waals surface area contributed by atoms with Crippen LogP contribution in [0.1, 0.15) is 85.6 Å². The quantitative estimate of drug-likeness (QED) is 0.334. The Hall–Kier alpha value is -3.29. The van der Waals surface area contributed by atoms with Gasteiger partial charge in [-0.2, -0.15) is 0 Å². The zero-order valence-corrected chi connectivity index (χ0v) is 18.4. The van der Waals surface area contributed by atoms with Crippen LogP contribution < -0.4 is 5.32 Å². The first-order valence-corrected chi connectivity index (χ1v) is 11.6. The van der Waals surface area contributed by atoms with E-state index in [0.717, 1.165) is 37.7 Å². The Bertz CT molecular complexity index is 1150. The number of carbonyl (C=O) groups is 2. The van der Waals surface area contributed by atoms with Crippen molar-refractivity contribution in [2.24, 2.45) is 0 Å². The lowest BCUT2D eigenvalue weighted by Gasteiger charge is -2.27. The highest BCUT2D eigenvalue weighted by atomic mass is 19.1. The predicted octanol–water partition coefficient (Wildman–Crippen LogP) is 5.02. The average Bonchev–Trinajstić information content (AvgIpc) is 3.18. The number of halogens is 1. The molecule has 0 bridgehead atoms. The Labute approximate surface area is 191 Å². The predicted molar refractivity (Wildman–Crippen MR) is 119 cm³/mol. The number of ketones is 1. The molecule has 33 heavy (non-hydrogen) atoms. The van der Waals surface area contributed by atoms with Gasteiger partial charge in [-0.15, -0.1) is 0 Å². The van der Waals surface area contributed by atoms with Gasteiger partial charge in [-0.3, -0.25) is 9.59 Å². The number of imidazole rings is 1. The number of nitrogens with zero attached hydrogens (tertiary/aromatic N) is 2. The molecular weight excluding hydrogens is 423 g/mol. The number of hydrogen-bond donors (Lipinski definition) is 2. The molecule has 1 atom stereocenters. The molecule has 1 saturated heterocycles. The molecule has 1 amide bonds. The number of Topliss-reactive ketones (excluding diaryl/α,β-unsaturated/α-hetero) is 1. The number of aromatic nitrogens is 3. The van der Waals surface area contributed by atoms with E-state index in [1.165, 1.54) is 6.26 Å². The number of rotatable bonds is 10. The van der Waals surface area contributed by atoms with Gasteiger partial charge in [0.15, 0.2) is 5.78 Å². The van der Waals surface area contributed by atoms with Gasteiger partial charge < -0.3 is 14.8 Å². The molecule has 3 aromatic rings. The molecule has 3 heterocycles. The van der Waals surface area contributed by atoms with Crippen LogP contribution in [0.2, 0.25) is 0 Å². The molecule has 2 fully saturated rings. The lowest BCUT2D eigenvalue weighted by Crippen LogP contribution is -2.39. The topological polar surface area (TPSA) is 101 Å². The van der Waals surface area contributed by atoms with E-state index in [9.17, 15) is 14.0 Å². The normalized spacial score (nSPS) is 20.2. The summed E-state index contributed by atoms with van der Waals surface area (Å²) in [5.74, 6) is 0.866. The number of unbranched alkanes of at least 4 members (excludes halogenated alkanes) is 2. The molecule has 0 radical (unpaired) electrons. The van der Waals surface area contributed by atoms with E-state index >= 15 is 0 Å². The zero-order chi connectivity index (χ0) is 22.8. The largest absolute Gasteiger partial charge is 0.364 e. The number of aromatic amines is 1. The second-order valence-corrected chi connectivity index (χ2v) is 9.16. The molecule has 8 heteroatoms. The second-order valence-electron chi connectivity index (χ2n) is 9.16. The number of carbonyl (C=O) groups excluding carboxylic acids is 2. The van der Waals surface area contributed by atoms with Gasteiger partial charge in [0.05, 0.1) is 17.4 Å². The Morgan fingerprint density at radius 3 is 2.79 bits per heavy atom. The van der Waals surface area contributed by atoms with Crippen LogP contribution in [0.5, 0.6) is 0 Å². The summed E-state index contributed by atoms with van der Waals surface area (Å²) in [7, 11) is 0. The van der Waals surface area contributed by atoms with Gasteiger partial charge in [0.25, 0.3) is 0 Å². The van der Waals surface area contributed by atoms with Crippen molar-refractivity contribution in [2.75, 3.05) is 0 Å². The molecular formula is C25H27FN4O3. The SMILES string of the molecule is O=C1CCC(CCCCCC(=O)c2ccon2)(c2ncc(-c3ccc(C4CC4)cc3F)[nH]2)N1. The summed E-state index contributed by atoms with van der Waals surface area (Å²) in [6.07, 6.45) is 9.88. The highest BCUT2D eigenvalue weighted by molar-refractivity contribution is 5.93. The molecule has 1 aliphatic heterocycles. The highest BCUT2D eigenvalue weighted by Crippen LogP contribution is 2.41. The molecule has 1 unspecified atom stereocenters. The van der Waals surface area contributed by atoms with Gasteiger partial charge in [-0.05, 0) is 55.7 Å². The Kier molecular flexibility index (Phi) is 5.83. The van der Waals surface area contributed by atoms with Crippen molar-refractivity contribution in [1.29, 1.82) is 0 Å². The molecule has 1 saturated carbocycles. The Balaban J connectivity index is 1.24. The first-order valence-electron chi connectivity index (χ1n) is 11.6. The summed E-state index contributed by atoms with van der Waals surface area (Å²) in [4.78, 5) is 32.0. The molecule has 2 aromatic heterocycles. The smallest absolute Gasteiger partial charge is 0.220 e. The molecule has 7 nitrogen and oxygen atoms in total. The second kappa shape index (κ2) is 8.92.